The van der Waals surface area contributed by atoms with Gasteiger partial charge in [-0.2, -0.15) is 0 Å². The van der Waals surface area contributed by atoms with E-state index in [-0.39, 0.29) is 6.61 Å². The lowest BCUT2D eigenvalue weighted by Gasteiger charge is -2.05. The Balaban J connectivity index is 2.09. The van der Waals surface area contributed by atoms with E-state index in [1.807, 2.05) is 6.07 Å². The summed E-state index contributed by atoms with van der Waals surface area (Å²) in [6.45, 7) is 3.00. The monoisotopic (exact) mass is 251 g/mol. The van der Waals surface area contributed by atoms with Crippen molar-refractivity contribution in [3.8, 4) is 0 Å². The Labute approximate surface area is 112 Å². The molecule has 0 amide bonds. The number of benzene rings is 2. The van der Waals surface area contributed by atoms with E-state index in [1.165, 1.54) is 16.6 Å². The summed E-state index contributed by atoms with van der Waals surface area (Å²) in [6, 6.07) is 16.8. The van der Waals surface area contributed by atoms with Gasteiger partial charge in [0.1, 0.15) is 0 Å². The fourth-order valence-electron chi connectivity index (χ4n) is 2.52. The maximum absolute atomic E-state index is 9.49. The first kappa shape index (κ1) is 12.0. The Morgan fingerprint density at radius 1 is 1.05 bits per heavy atom. The van der Waals surface area contributed by atoms with Crippen LogP contribution < -0.4 is 0 Å². The van der Waals surface area contributed by atoms with E-state index in [0.29, 0.717) is 0 Å². The molecule has 2 aromatic carbocycles. The molecule has 0 aliphatic carbocycles. The van der Waals surface area contributed by atoms with Crippen LogP contribution in [0.4, 0.5) is 0 Å². The van der Waals surface area contributed by atoms with Gasteiger partial charge >= 0.3 is 0 Å². The molecule has 1 N–H and O–H groups in total. The molecule has 0 fully saturated rings. The van der Waals surface area contributed by atoms with E-state index in [4.69, 9.17) is 0 Å². The highest BCUT2D eigenvalue weighted by Gasteiger charge is 2.08. The Hall–Kier alpha value is -2.06. The van der Waals surface area contributed by atoms with Crippen LogP contribution in [0.15, 0.2) is 54.7 Å². The summed E-state index contributed by atoms with van der Waals surface area (Å²) in [4.78, 5) is 0. The van der Waals surface area contributed by atoms with E-state index < -0.39 is 0 Å². The zero-order valence-corrected chi connectivity index (χ0v) is 11.0. The number of aromatic nitrogens is 1. The van der Waals surface area contributed by atoms with Crippen molar-refractivity contribution < 1.29 is 5.11 Å². The lowest BCUT2D eigenvalue weighted by Crippen LogP contribution is -1.97. The second-order valence-electron chi connectivity index (χ2n) is 4.95. The van der Waals surface area contributed by atoms with Gasteiger partial charge in [0.25, 0.3) is 0 Å². The predicted octanol–water partition coefficient (Wildman–Crippen LogP) is 3.49. The smallest absolute Gasteiger partial charge is 0.0702 e. The van der Waals surface area contributed by atoms with Crippen LogP contribution in [0.2, 0.25) is 0 Å². The summed E-state index contributed by atoms with van der Waals surface area (Å²) < 4.78 is 2.20. The summed E-state index contributed by atoms with van der Waals surface area (Å²) in [7, 11) is 0. The quantitative estimate of drug-likeness (QED) is 0.757. The predicted molar refractivity (Wildman–Crippen MR) is 78.1 cm³/mol. The van der Waals surface area contributed by atoms with Gasteiger partial charge in [-0.05, 0) is 24.6 Å². The van der Waals surface area contributed by atoms with Crippen LogP contribution in [0.5, 0.6) is 0 Å². The summed E-state index contributed by atoms with van der Waals surface area (Å²) >= 11 is 0. The van der Waals surface area contributed by atoms with Gasteiger partial charge in [-0.25, -0.2) is 0 Å². The van der Waals surface area contributed by atoms with Crippen LogP contribution in [-0.4, -0.2) is 9.67 Å². The van der Waals surface area contributed by atoms with Crippen molar-refractivity contribution in [1.29, 1.82) is 0 Å². The van der Waals surface area contributed by atoms with E-state index in [2.05, 4.69) is 60.2 Å². The van der Waals surface area contributed by atoms with E-state index in [9.17, 15) is 5.11 Å². The third-order valence-electron chi connectivity index (χ3n) is 3.49. The van der Waals surface area contributed by atoms with Crippen molar-refractivity contribution in [3.63, 3.8) is 0 Å². The van der Waals surface area contributed by atoms with Gasteiger partial charge in [0.2, 0.25) is 0 Å². The maximum atomic E-state index is 9.49. The lowest BCUT2D eigenvalue weighted by molar-refractivity contribution is 0.283. The van der Waals surface area contributed by atoms with E-state index >= 15 is 0 Å². The molecule has 0 saturated carbocycles. The summed E-state index contributed by atoms with van der Waals surface area (Å²) in [5, 5.41) is 10.6. The average molecular weight is 251 g/mol. The molecular formula is C17H17NO. The molecule has 0 aliphatic heterocycles. The minimum atomic E-state index is 0.0851. The van der Waals surface area contributed by atoms with Crippen LogP contribution in [0.1, 0.15) is 16.7 Å². The van der Waals surface area contributed by atoms with Crippen LogP contribution >= 0.6 is 0 Å². The first-order valence-electron chi connectivity index (χ1n) is 6.51. The second kappa shape index (κ2) is 4.90. The maximum Gasteiger partial charge on any atom is 0.0702 e. The van der Waals surface area contributed by atoms with Crippen molar-refractivity contribution in [2.24, 2.45) is 0 Å². The SMILES string of the molecule is Cc1ccc2c(c1)c(CO)cn2Cc1ccccc1. The molecule has 0 spiro atoms. The number of hydrogen-bond donors (Lipinski definition) is 1. The molecule has 0 radical (unpaired) electrons. The van der Waals surface area contributed by atoms with Crippen LogP contribution in [-0.2, 0) is 13.2 Å². The Morgan fingerprint density at radius 2 is 1.84 bits per heavy atom. The molecule has 3 aromatic rings. The van der Waals surface area contributed by atoms with Crippen molar-refractivity contribution >= 4 is 10.9 Å². The number of aliphatic hydroxyl groups is 1. The number of hydrogen-bond acceptors (Lipinski definition) is 1. The molecule has 3 rings (SSSR count). The third-order valence-corrected chi connectivity index (χ3v) is 3.49. The lowest BCUT2D eigenvalue weighted by atomic mass is 10.1. The largest absolute Gasteiger partial charge is 0.392 e. The van der Waals surface area contributed by atoms with Crippen molar-refractivity contribution in [3.05, 3.63) is 71.4 Å². The molecule has 96 valence electrons. The van der Waals surface area contributed by atoms with Crippen LogP contribution in [0.3, 0.4) is 0 Å². The van der Waals surface area contributed by atoms with Crippen molar-refractivity contribution in [1.82, 2.24) is 4.57 Å². The molecule has 0 atom stereocenters. The van der Waals surface area contributed by atoms with Crippen LogP contribution in [0.25, 0.3) is 10.9 Å². The average Bonchev–Trinajstić information content (AvgIpc) is 2.77. The fourth-order valence-corrected chi connectivity index (χ4v) is 2.52. The highest BCUT2D eigenvalue weighted by Crippen LogP contribution is 2.23. The number of rotatable bonds is 3. The Morgan fingerprint density at radius 3 is 2.58 bits per heavy atom. The highest BCUT2D eigenvalue weighted by atomic mass is 16.3. The first-order chi connectivity index (χ1) is 9.28. The van der Waals surface area contributed by atoms with Gasteiger partial charge < -0.3 is 9.67 Å². The molecule has 2 nitrogen and oxygen atoms in total. The zero-order chi connectivity index (χ0) is 13.2. The summed E-state index contributed by atoms with van der Waals surface area (Å²) in [6.07, 6.45) is 2.05. The standard InChI is InChI=1S/C17H17NO/c1-13-7-8-17-16(9-13)15(12-19)11-18(17)10-14-5-3-2-4-6-14/h2-9,11,19H,10,12H2,1H3. The topological polar surface area (TPSA) is 25.2 Å². The van der Waals surface area contributed by atoms with Gasteiger partial charge in [0, 0.05) is 29.2 Å². The molecule has 1 heterocycles. The van der Waals surface area contributed by atoms with E-state index in [0.717, 1.165) is 17.5 Å². The van der Waals surface area contributed by atoms with Crippen LogP contribution in [0, 0.1) is 6.92 Å². The molecule has 1 aromatic heterocycles. The molecule has 0 bridgehead atoms. The molecule has 2 heteroatoms. The summed E-state index contributed by atoms with van der Waals surface area (Å²) in [5.74, 6) is 0. The zero-order valence-electron chi connectivity index (χ0n) is 11.0. The molecular weight excluding hydrogens is 234 g/mol. The number of aliphatic hydroxyl groups excluding tert-OH is 1. The minimum absolute atomic E-state index is 0.0851. The van der Waals surface area contributed by atoms with Crippen molar-refractivity contribution in [2.45, 2.75) is 20.1 Å². The molecule has 0 unspecified atom stereocenters. The second-order valence-corrected chi connectivity index (χ2v) is 4.95. The number of aryl methyl sites for hydroxylation is 1. The third kappa shape index (κ3) is 2.27. The molecule has 0 saturated heterocycles. The summed E-state index contributed by atoms with van der Waals surface area (Å²) in [5.41, 5.74) is 4.66. The highest BCUT2D eigenvalue weighted by molar-refractivity contribution is 5.84. The van der Waals surface area contributed by atoms with Gasteiger partial charge in [0.15, 0.2) is 0 Å². The Bertz CT molecular complexity index is 698. The molecule has 19 heavy (non-hydrogen) atoms. The Kier molecular flexibility index (Phi) is 3.10. The fraction of sp³-hybridized carbons (Fsp3) is 0.176. The van der Waals surface area contributed by atoms with Gasteiger partial charge in [-0.1, -0.05) is 42.0 Å². The number of nitrogens with zero attached hydrogens (tertiary/aromatic N) is 1. The normalized spacial score (nSPS) is 11.1. The van der Waals surface area contributed by atoms with Crippen molar-refractivity contribution in [2.75, 3.05) is 0 Å². The number of fused-ring (bicyclic) bond motifs is 1. The van der Waals surface area contributed by atoms with Gasteiger partial charge in [-0.3, -0.25) is 0 Å². The first-order valence-corrected chi connectivity index (χ1v) is 6.51. The molecule has 0 aliphatic rings. The van der Waals surface area contributed by atoms with E-state index in [1.54, 1.807) is 0 Å². The minimum Gasteiger partial charge on any atom is -0.392 e. The van der Waals surface area contributed by atoms with Gasteiger partial charge in [-0.15, -0.1) is 0 Å². The van der Waals surface area contributed by atoms with Gasteiger partial charge in [0.05, 0.1) is 6.61 Å².